The molecule has 1 aromatic rings. The van der Waals surface area contributed by atoms with Gasteiger partial charge in [-0.15, -0.1) is 0 Å². The maximum absolute atomic E-state index is 12.2. The normalized spacial score (nSPS) is 18.9. The first-order valence-corrected chi connectivity index (χ1v) is 9.29. The first kappa shape index (κ1) is 17.5. The molecule has 23 heavy (non-hydrogen) atoms. The van der Waals surface area contributed by atoms with E-state index >= 15 is 0 Å². The summed E-state index contributed by atoms with van der Waals surface area (Å²) in [5.74, 6) is 5.71. The predicted octanol–water partition coefficient (Wildman–Crippen LogP) is 0.973. The highest BCUT2D eigenvalue weighted by molar-refractivity contribution is 7.92. The zero-order valence-electron chi connectivity index (χ0n) is 13.3. The summed E-state index contributed by atoms with van der Waals surface area (Å²) in [6, 6.07) is 6.65. The Labute approximate surface area is 137 Å². The van der Waals surface area contributed by atoms with Gasteiger partial charge in [0.25, 0.3) is 5.91 Å². The highest BCUT2D eigenvalue weighted by Gasteiger charge is 2.48. The third-order valence-corrected chi connectivity index (χ3v) is 6.31. The van der Waals surface area contributed by atoms with Gasteiger partial charge >= 0.3 is 0 Å². The van der Waals surface area contributed by atoms with Gasteiger partial charge in [-0.3, -0.25) is 4.79 Å². The molecule has 1 unspecified atom stereocenters. The van der Waals surface area contributed by atoms with Crippen molar-refractivity contribution in [3.8, 4) is 11.8 Å². The lowest BCUT2D eigenvalue weighted by Crippen LogP contribution is -2.58. The number of hydrogen-bond acceptors (Lipinski definition) is 4. The summed E-state index contributed by atoms with van der Waals surface area (Å²) in [5, 5.41) is 11.6. The Morgan fingerprint density at radius 3 is 2.48 bits per heavy atom. The van der Waals surface area contributed by atoms with Crippen LogP contribution in [-0.4, -0.2) is 43.6 Å². The van der Waals surface area contributed by atoms with Crippen molar-refractivity contribution < 1.29 is 18.3 Å². The van der Waals surface area contributed by atoms with Crippen LogP contribution in [0.15, 0.2) is 24.3 Å². The number of hydrogen-bond donors (Lipinski definition) is 2. The van der Waals surface area contributed by atoms with Crippen molar-refractivity contribution in [1.82, 2.24) is 5.32 Å². The third kappa shape index (κ3) is 4.34. The van der Waals surface area contributed by atoms with E-state index in [1.54, 1.807) is 24.3 Å². The van der Waals surface area contributed by atoms with Gasteiger partial charge in [0.15, 0.2) is 9.84 Å². The molecule has 1 aromatic carbocycles. The van der Waals surface area contributed by atoms with Crippen LogP contribution in [0.25, 0.3) is 0 Å². The van der Waals surface area contributed by atoms with Crippen LogP contribution >= 0.6 is 0 Å². The lowest BCUT2D eigenvalue weighted by Gasteiger charge is -2.42. The van der Waals surface area contributed by atoms with Crippen LogP contribution in [0.4, 0.5) is 0 Å². The van der Waals surface area contributed by atoms with Gasteiger partial charge in [-0.05, 0) is 31.2 Å². The van der Waals surface area contributed by atoms with Crippen molar-refractivity contribution in [1.29, 1.82) is 0 Å². The molecule has 1 aliphatic rings. The maximum atomic E-state index is 12.2. The van der Waals surface area contributed by atoms with Gasteiger partial charge in [0.05, 0.1) is 18.1 Å². The quantitative estimate of drug-likeness (QED) is 0.803. The monoisotopic (exact) mass is 335 g/mol. The smallest absolute Gasteiger partial charge is 0.251 e. The molecule has 5 nitrogen and oxygen atoms in total. The van der Waals surface area contributed by atoms with Gasteiger partial charge in [0, 0.05) is 29.0 Å². The van der Waals surface area contributed by atoms with E-state index in [1.807, 2.05) is 13.8 Å². The lowest BCUT2D eigenvalue weighted by molar-refractivity contribution is 0.0906. The lowest BCUT2D eigenvalue weighted by atomic mass is 9.86. The molecule has 0 radical (unpaired) electrons. The number of amides is 1. The molecule has 1 saturated heterocycles. The molecule has 0 spiro atoms. The number of benzene rings is 1. The average Bonchev–Trinajstić information content (AvgIpc) is 2.46. The second-order valence-corrected chi connectivity index (χ2v) is 8.30. The van der Waals surface area contributed by atoms with Gasteiger partial charge in [-0.2, -0.15) is 0 Å². The standard InChI is InChI=1S/C17H21NO4S/c1-13(17(2)11-23(21,22)12-17)18-16(20)15-8-6-14(7-9-15)5-3-4-10-19/h6-9,13,19H,4,10-12H2,1-2H3,(H,18,20). The Hall–Kier alpha value is -1.84. The minimum Gasteiger partial charge on any atom is -0.395 e. The van der Waals surface area contributed by atoms with Crippen LogP contribution in [0, 0.1) is 17.3 Å². The predicted molar refractivity (Wildman–Crippen MR) is 88.7 cm³/mol. The number of carbonyl (C=O) groups is 1. The molecule has 124 valence electrons. The third-order valence-electron chi connectivity index (χ3n) is 4.11. The molecule has 0 aliphatic carbocycles. The van der Waals surface area contributed by atoms with Gasteiger partial charge in [-0.1, -0.05) is 18.8 Å². The van der Waals surface area contributed by atoms with Crippen molar-refractivity contribution in [2.24, 2.45) is 5.41 Å². The van der Waals surface area contributed by atoms with Crippen LogP contribution in [0.5, 0.6) is 0 Å². The summed E-state index contributed by atoms with van der Waals surface area (Å²) < 4.78 is 22.7. The molecule has 1 aliphatic heterocycles. The van der Waals surface area contributed by atoms with Gasteiger partial charge < -0.3 is 10.4 Å². The van der Waals surface area contributed by atoms with Crippen LogP contribution in [0.1, 0.15) is 36.2 Å². The summed E-state index contributed by atoms with van der Waals surface area (Å²) in [6.07, 6.45) is 0.418. The first-order valence-electron chi connectivity index (χ1n) is 7.47. The molecule has 0 bridgehead atoms. The van der Waals surface area contributed by atoms with Gasteiger partial charge in [-0.25, -0.2) is 8.42 Å². The molecular formula is C17H21NO4S. The van der Waals surface area contributed by atoms with E-state index in [4.69, 9.17) is 5.11 Å². The number of sulfone groups is 1. The zero-order chi connectivity index (χ0) is 17.1. The molecule has 2 rings (SSSR count). The van der Waals surface area contributed by atoms with Crippen molar-refractivity contribution in [2.75, 3.05) is 18.1 Å². The summed E-state index contributed by atoms with van der Waals surface area (Å²) in [4.78, 5) is 12.2. The van der Waals surface area contributed by atoms with Crippen LogP contribution in [-0.2, 0) is 9.84 Å². The molecular weight excluding hydrogens is 314 g/mol. The van der Waals surface area contributed by atoms with Gasteiger partial charge in [0.1, 0.15) is 0 Å². The highest BCUT2D eigenvalue weighted by atomic mass is 32.2. The van der Waals surface area contributed by atoms with Crippen LogP contribution < -0.4 is 5.32 Å². The Bertz CT molecular complexity index is 729. The summed E-state index contributed by atoms with van der Waals surface area (Å²) >= 11 is 0. The van der Waals surface area contributed by atoms with Crippen molar-refractivity contribution in [3.63, 3.8) is 0 Å². The zero-order valence-corrected chi connectivity index (χ0v) is 14.1. The Morgan fingerprint density at radius 2 is 1.96 bits per heavy atom. The van der Waals surface area contributed by atoms with E-state index in [9.17, 15) is 13.2 Å². The number of carbonyl (C=O) groups excluding carboxylic acids is 1. The number of aliphatic hydroxyl groups excluding tert-OH is 1. The summed E-state index contributed by atoms with van der Waals surface area (Å²) in [6.45, 7) is 3.74. The van der Waals surface area contributed by atoms with E-state index < -0.39 is 15.3 Å². The Morgan fingerprint density at radius 1 is 1.35 bits per heavy atom. The number of aliphatic hydroxyl groups is 1. The summed E-state index contributed by atoms with van der Waals surface area (Å²) in [5.41, 5.74) is 0.889. The second-order valence-electron chi connectivity index (χ2n) is 6.23. The number of rotatable bonds is 4. The van der Waals surface area contributed by atoms with Crippen molar-refractivity contribution in [3.05, 3.63) is 35.4 Å². The Balaban J connectivity index is 1.97. The average molecular weight is 335 g/mol. The fraction of sp³-hybridized carbons (Fsp3) is 0.471. The molecule has 0 aromatic heterocycles. The van der Waals surface area contributed by atoms with E-state index in [2.05, 4.69) is 17.2 Å². The van der Waals surface area contributed by atoms with Crippen molar-refractivity contribution in [2.45, 2.75) is 26.3 Å². The molecule has 1 heterocycles. The maximum Gasteiger partial charge on any atom is 0.251 e. The van der Waals surface area contributed by atoms with E-state index in [0.29, 0.717) is 12.0 Å². The second kappa shape index (κ2) is 6.73. The molecule has 1 fully saturated rings. The SMILES string of the molecule is CC(NC(=O)c1ccc(C#CCCO)cc1)C1(C)CS(=O)(=O)C1. The van der Waals surface area contributed by atoms with Crippen LogP contribution in [0.3, 0.4) is 0 Å². The summed E-state index contributed by atoms with van der Waals surface area (Å²) in [7, 11) is -2.94. The highest BCUT2D eigenvalue weighted by Crippen LogP contribution is 2.35. The minimum absolute atomic E-state index is 0.0276. The molecule has 1 amide bonds. The van der Waals surface area contributed by atoms with Gasteiger partial charge in [0.2, 0.25) is 0 Å². The fourth-order valence-corrected chi connectivity index (χ4v) is 5.02. The van der Waals surface area contributed by atoms with Crippen LogP contribution in [0.2, 0.25) is 0 Å². The number of nitrogens with one attached hydrogen (secondary N) is 1. The fourth-order valence-electron chi connectivity index (χ4n) is 2.59. The molecule has 2 N–H and O–H groups in total. The van der Waals surface area contributed by atoms with E-state index in [1.165, 1.54) is 0 Å². The first-order chi connectivity index (χ1) is 10.8. The van der Waals surface area contributed by atoms with E-state index in [0.717, 1.165) is 5.56 Å². The Kier molecular flexibility index (Phi) is 5.12. The minimum atomic E-state index is -2.94. The topological polar surface area (TPSA) is 83.5 Å². The molecule has 1 atom stereocenters. The van der Waals surface area contributed by atoms with E-state index in [-0.39, 0.29) is 30.1 Å². The van der Waals surface area contributed by atoms with Crippen molar-refractivity contribution >= 4 is 15.7 Å². The molecule has 6 heteroatoms. The molecule has 0 saturated carbocycles. The largest absolute Gasteiger partial charge is 0.395 e.